The number of hydrogen-bond acceptors (Lipinski definition) is 2. The van der Waals surface area contributed by atoms with E-state index in [-0.39, 0.29) is 11.6 Å². The van der Waals surface area contributed by atoms with Crippen molar-refractivity contribution in [3.05, 3.63) is 84.7 Å². The first-order valence-electron chi connectivity index (χ1n) is 7.73. The number of aromatic amines is 1. The summed E-state index contributed by atoms with van der Waals surface area (Å²) < 4.78 is 26.4. The summed E-state index contributed by atoms with van der Waals surface area (Å²) in [6, 6.07) is 16.0. The SMILES string of the molecule is Fc1ccc(-c2nc(-c3cccnc3)c(-c3ccc(F)cc3)[nH]2)cc1. The molecule has 0 radical (unpaired) electrons. The van der Waals surface area contributed by atoms with Crippen LogP contribution in [0.2, 0.25) is 0 Å². The first-order valence-corrected chi connectivity index (χ1v) is 7.73. The molecule has 2 aromatic carbocycles. The molecule has 4 aromatic rings. The fraction of sp³-hybridized carbons (Fsp3) is 0. The lowest BCUT2D eigenvalue weighted by atomic mass is 10.1. The zero-order valence-corrected chi connectivity index (χ0v) is 13.1. The van der Waals surface area contributed by atoms with Crippen molar-refractivity contribution in [3.63, 3.8) is 0 Å². The van der Waals surface area contributed by atoms with Crippen LogP contribution in [-0.4, -0.2) is 15.0 Å². The van der Waals surface area contributed by atoms with Gasteiger partial charge in [-0.3, -0.25) is 4.98 Å². The van der Waals surface area contributed by atoms with Crippen molar-refractivity contribution >= 4 is 0 Å². The van der Waals surface area contributed by atoms with Gasteiger partial charge in [0.2, 0.25) is 0 Å². The highest BCUT2D eigenvalue weighted by Crippen LogP contribution is 2.32. The van der Waals surface area contributed by atoms with E-state index < -0.39 is 0 Å². The predicted molar refractivity (Wildman–Crippen MR) is 92.6 cm³/mol. The van der Waals surface area contributed by atoms with Gasteiger partial charge in [-0.05, 0) is 60.7 Å². The van der Waals surface area contributed by atoms with Crippen molar-refractivity contribution < 1.29 is 8.78 Å². The van der Waals surface area contributed by atoms with Crippen molar-refractivity contribution in [2.45, 2.75) is 0 Å². The van der Waals surface area contributed by atoms with Crippen LogP contribution in [0.15, 0.2) is 73.1 Å². The Balaban J connectivity index is 1.89. The maximum Gasteiger partial charge on any atom is 0.138 e. The molecule has 0 aliphatic heterocycles. The Kier molecular flexibility index (Phi) is 3.82. The highest BCUT2D eigenvalue weighted by atomic mass is 19.1. The molecular formula is C20H13F2N3. The van der Waals surface area contributed by atoms with E-state index in [0.717, 1.165) is 22.4 Å². The first-order chi connectivity index (χ1) is 12.2. The van der Waals surface area contributed by atoms with Gasteiger partial charge in [-0.15, -0.1) is 0 Å². The number of rotatable bonds is 3. The normalized spacial score (nSPS) is 10.8. The van der Waals surface area contributed by atoms with Gasteiger partial charge >= 0.3 is 0 Å². The average Bonchev–Trinajstić information content (AvgIpc) is 3.09. The lowest BCUT2D eigenvalue weighted by molar-refractivity contribution is 0.627. The molecule has 0 spiro atoms. The molecule has 0 bridgehead atoms. The van der Waals surface area contributed by atoms with Crippen LogP contribution in [0.25, 0.3) is 33.9 Å². The number of halogens is 2. The number of hydrogen-bond donors (Lipinski definition) is 1. The van der Waals surface area contributed by atoms with Crippen LogP contribution in [0.4, 0.5) is 8.78 Å². The van der Waals surface area contributed by atoms with Gasteiger partial charge in [0.1, 0.15) is 17.5 Å². The molecule has 122 valence electrons. The second-order valence-corrected chi connectivity index (χ2v) is 5.56. The Morgan fingerprint density at radius 1 is 0.720 bits per heavy atom. The number of benzene rings is 2. The summed E-state index contributed by atoms with van der Waals surface area (Å²) in [4.78, 5) is 12.1. The highest BCUT2D eigenvalue weighted by molar-refractivity contribution is 5.80. The lowest BCUT2D eigenvalue weighted by Gasteiger charge is -2.02. The Labute approximate surface area is 143 Å². The minimum atomic E-state index is -0.304. The molecule has 3 nitrogen and oxygen atoms in total. The largest absolute Gasteiger partial charge is 0.337 e. The summed E-state index contributed by atoms with van der Waals surface area (Å²) in [6.07, 6.45) is 3.41. The average molecular weight is 333 g/mol. The molecule has 5 heteroatoms. The van der Waals surface area contributed by atoms with E-state index in [1.807, 2.05) is 12.1 Å². The van der Waals surface area contributed by atoms with Crippen molar-refractivity contribution in [1.29, 1.82) is 0 Å². The number of nitrogens with one attached hydrogen (secondary N) is 1. The summed E-state index contributed by atoms with van der Waals surface area (Å²) in [6.45, 7) is 0. The molecule has 1 N–H and O–H groups in total. The Morgan fingerprint density at radius 3 is 1.96 bits per heavy atom. The maximum atomic E-state index is 13.3. The molecule has 0 aliphatic carbocycles. The van der Waals surface area contributed by atoms with Crippen molar-refractivity contribution in [1.82, 2.24) is 15.0 Å². The molecule has 0 saturated heterocycles. The molecule has 25 heavy (non-hydrogen) atoms. The number of imidazole rings is 1. The van der Waals surface area contributed by atoms with E-state index in [1.165, 1.54) is 24.3 Å². The smallest absolute Gasteiger partial charge is 0.138 e. The van der Waals surface area contributed by atoms with Crippen LogP contribution in [0.5, 0.6) is 0 Å². The topological polar surface area (TPSA) is 41.6 Å². The second kappa shape index (κ2) is 6.28. The maximum absolute atomic E-state index is 13.3. The molecule has 0 amide bonds. The third kappa shape index (κ3) is 3.04. The van der Waals surface area contributed by atoms with E-state index in [0.29, 0.717) is 11.5 Å². The summed E-state index contributed by atoms with van der Waals surface area (Å²) in [5, 5.41) is 0. The summed E-state index contributed by atoms with van der Waals surface area (Å²) >= 11 is 0. The van der Waals surface area contributed by atoms with Crippen molar-refractivity contribution in [2.75, 3.05) is 0 Å². The summed E-state index contributed by atoms with van der Waals surface area (Å²) in [7, 11) is 0. The molecule has 0 unspecified atom stereocenters. The minimum Gasteiger partial charge on any atom is -0.337 e. The van der Waals surface area contributed by atoms with Crippen LogP contribution in [0.1, 0.15) is 0 Å². The number of nitrogens with zero attached hydrogens (tertiary/aromatic N) is 2. The number of aromatic nitrogens is 3. The van der Waals surface area contributed by atoms with E-state index in [4.69, 9.17) is 0 Å². The van der Waals surface area contributed by atoms with E-state index in [2.05, 4.69) is 15.0 Å². The van der Waals surface area contributed by atoms with Crippen LogP contribution in [0.3, 0.4) is 0 Å². The molecular weight excluding hydrogens is 320 g/mol. The van der Waals surface area contributed by atoms with Gasteiger partial charge in [-0.25, -0.2) is 13.8 Å². The van der Waals surface area contributed by atoms with Crippen molar-refractivity contribution in [3.8, 4) is 33.9 Å². The second-order valence-electron chi connectivity index (χ2n) is 5.56. The molecule has 0 saturated carbocycles. The Bertz CT molecular complexity index is 992. The van der Waals surface area contributed by atoms with Crippen LogP contribution < -0.4 is 0 Å². The number of H-pyrrole nitrogens is 1. The molecule has 0 aliphatic rings. The zero-order chi connectivity index (χ0) is 17.2. The first kappa shape index (κ1) is 15.2. The highest BCUT2D eigenvalue weighted by Gasteiger charge is 2.15. The van der Waals surface area contributed by atoms with Gasteiger partial charge in [0.15, 0.2) is 0 Å². The van der Waals surface area contributed by atoms with E-state index in [1.54, 1.807) is 36.7 Å². The molecule has 2 aromatic heterocycles. The quantitative estimate of drug-likeness (QED) is 0.568. The Hall–Kier alpha value is -3.34. The van der Waals surface area contributed by atoms with Gasteiger partial charge in [-0.2, -0.15) is 0 Å². The monoisotopic (exact) mass is 333 g/mol. The molecule has 0 atom stereocenters. The van der Waals surface area contributed by atoms with E-state index in [9.17, 15) is 8.78 Å². The van der Waals surface area contributed by atoms with Crippen LogP contribution >= 0.6 is 0 Å². The molecule has 4 rings (SSSR count). The van der Waals surface area contributed by atoms with Gasteiger partial charge in [0.05, 0.1) is 11.4 Å². The van der Waals surface area contributed by atoms with Gasteiger partial charge in [-0.1, -0.05) is 0 Å². The predicted octanol–water partition coefficient (Wildman–Crippen LogP) is 5.08. The third-order valence-electron chi connectivity index (χ3n) is 3.89. The molecule has 2 heterocycles. The molecule has 0 fully saturated rings. The van der Waals surface area contributed by atoms with Gasteiger partial charge in [0.25, 0.3) is 0 Å². The van der Waals surface area contributed by atoms with Crippen LogP contribution in [-0.2, 0) is 0 Å². The van der Waals surface area contributed by atoms with Gasteiger partial charge < -0.3 is 4.98 Å². The standard InChI is InChI=1S/C20H13F2N3/c21-16-7-3-13(4-8-16)18-19(15-2-1-11-23-12-15)25-20(24-18)14-5-9-17(22)10-6-14/h1-12H,(H,24,25). The van der Waals surface area contributed by atoms with E-state index >= 15 is 0 Å². The Morgan fingerprint density at radius 2 is 1.36 bits per heavy atom. The minimum absolute atomic E-state index is 0.301. The third-order valence-corrected chi connectivity index (χ3v) is 3.89. The summed E-state index contributed by atoms with van der Waals surface area (Å²) in [5.41, 5.74) is 3.87. The lowest BCUT2D eigenvalue weighted by Crippen LogP contribution is -1.85. The van der Waals surface area contributed by atoms with Crippen LogP contribution in [0, 0.1) is 11.6 Å². The fourth-order valence-corrected chi connectivity index (χ4v) is 2.65. The summed E-state index contributed by atoms with van der Waals surface area (Å²) in [5.74, 6) is 0.00433. The van der Waals surface area contributed by atoms with Crippen molar-refractivity contribution in [2.24, 2.45) is 0 Å². The zero-order valence-electron chi connectivity index (χ0n) is 13.1. The fourth-order valence-electron chi connectivity index (χ4n) is 2.65. The van der Waals surface area contributed by atoms with Gasteiger partial charge in [0, 0.05) is 29.1 Å². The number of pyridine rings is 1.